The van der Waals surface area contributed by atoms with Crippen LogP contribution in [0, 0.1) is 3.57 Å². The van der Waals surface area contributed by atoms with E-state index in [4.69, 9.17) is 4.74 Å². The lowest BCUT2D eigenvalue weighted by atomic mass is 9.95. The van der Waals surface area contributed by atoms with Crippen LogP contribution in [0.25, 0.3) is 16.0 Å². The Morgan fingerprint density at radius 3 is 2.48 bits per heavy atom. The summed E-state index contributed by atoms with van der Waals surface area (Å²) in [6.07, 6.45) is 0. The number of hydrogen-bond donors (Lipinski definition) is 1. The highest BCUT2D eigenvalue weighted by atomic mass is 127. The molecular formula is C25H17IN2O4S. The van der Waals surface area contributed by atoms with Crippen molar-refractivity contribution in [2.45, 2.75) is 6.04 Å². The van der Waals surface area contributed by atoms with Crippen LogP contribution in [0.4, 0.5) is 5.13 Å². The van der Waals surface area contributed by atoms with Crippen molar-refractivity contribution in [3.05, 3.63) is 93.1 Å². The van der Waals surface area contributed by atoms with E-state index in [-0.39, 0.29) is 11.3 Å². The fraction of sp³-hybridized carbons (Fsp3) is 0.0800. The lowest BCUT2D eigenvalue weighted by Crippen LogP contribution is -2.29. The number of aliphatic hydroxyl groups is 1. The van der Waals surface area contributed by atoms with Gasteiger partial charge >= 0.3 is 5.91 Å². The molecule has 1 unspecified atom stereocenters. The number of nitrogens with zero attached hydrogens (tertiary/aromatic N) is 2. The minimum absolute atomic E-state index is 0.0456. The number of ether oxygens (including phenoxy) is 1. The van der Waals surface area contributed by atoms with Crippen LogP contribution in [-0.2, 0) is 9.59 Å². The van der Waals surface area contributed by atoms with E-state index >= 15 is 0 Å². The highest BCUT2D eigenvalue weighted by Gasteiger charge is 2.48. The molecule has 0 saturated carbocycles. The Morgan fingerprint density at radius 2 is 1.79 bits per heavy atom. The Morgan fingerprint density at radius 1 is 1.06 bits per heavy atom. The third kappa shape index (κ3) is 3.79. The number of ketones is 1. The molecule has 2 heterocycles. The number of methoxy groups -OCH3 is 1. The molecule has 164 valence electrons. The molecule has 1 atom stereocenters. The van der Waals surface area contributed by atoms with Gasteiger partial charge in [-0.1, -0.05) is 53.8 Å². The number of Topliss-reactive ketones (excluding diaryl/α,β-unsaturated/α-hetero) is 1. The van der Waals surface area contributed by atoms with Crippen molar-refractivity contribution in [1.82, 2.24) is 4.98 Å². The van der Waals surface area contributed by atoms with Crippen LogP contribution in [0.15, 0.2) is 78.4 Å². The second-order valence-corrected chi connectivity index (χ2v) is 9.67. The van der Waals surface area contributed by atoms with E-state index in [1.54, 1.807) is 37.4 Å². The van der Waals surface area contributed by atoms with Crippen molar-refractivity contribution in [1.29, 1.82) is 0 Å². The van der Waals surface area contributed by atoms with Crippen LogP contribution >= 0.6 is 33.9 Å². The van der Waals surface area contributed by atoms with Crippen molar-refractivity contribution in [2.75, 3.05) is 12.0 Å². The summed E-state index contributed by atoms with van der Waals surface area (Å²) in [7, 11) is 1.59. The van der Waals surface area contributed by atoms with Gasteiger partial charge in [-0.3, -0.25) is 14.5 Å². The maximum Gasteiger partial charge on any atom is 0.301 e. The minimum atomic E-state index is -0.801. The lowest BCUT2D eigenvalue weighted by Gasteiger charge is -2.23. The van der Waals surface area contributed by atoms with Gasteiger partial charge in [-0.05, 0) is 58.5 Å². The molecule has 6 nitrogen and oxygen atoms in total. The SMILES string of the molecule is COc1ccc2nc(N3C(=O)C(=O)/C(=C(/O)c4ccccc4)C3c3ccc(I)cc3)sc2c1. The van der Waals surface area contributed by atoms with Gasteiger partial charge < -0.3 is 9.84 Å². The first-order valence-electron chi connectivity index (χ1n) is 10.0. The van der Waals surface area contributed by atoms with Crippen LogP contribution in [-0.4, -0.2) is 28.9 Å². The van der Waals surface area contributed by atoms with Gasteiger partial charge in [0.2, 0.25) is 0 Å². The van der Waals surface area contributed by atoms with Gasteiger partial charge in [0.05, 0.1) is 28.9 Å². The van der Waals surface area contributed by atoms with Gasteiger partial charge in [-0.25, -0.2) is 4.98 Å². The first kappa shape index (κ1) is 21.6. The summed E-state index contributed by atoms with van der Waals surface area (Å²) >= 11 is 3.49. The fourth-order valence-corrected chi connectivity index (χ4v) is 5.24. The number of anilines is 1. The maximum absolute atomic E-state index is 13.3. The molecule has 1 fully saturated rings. The zero-order valence-corrected chi connectivity index (χ0v) is 20.3. The van der Waals surface area contributed by atoms with E-state index in [1.807, 2.05) is 42.5 Å². The van der Waals surface area contributed by atoms with E-state index in [2.05, 4.69) is 27.6 Å². The van der Waals surface area contributed by atoms with Crippen molar-refractivity contribution in [3.63, 3.8) is 0 Å². The minimum Gasteiger partial charge on any atom is -0.507 e. The first-order chi connectivity index (χ1) is 16.0. The Kier molecular flexibility index (Phi) is 5.63. The number of carbonyl (C=O) groups is 2. The van der Waals surface area contributed by atoms with Crippen molar-refractivity contribution < 1.29 is 19.4 Å². The lowest BCUT2D eigenvalue weighted by molar-refractivity contribution is -0.132. The Balaban J connectivity index is 1.72. The molecular weight excluding hydrogens is 551 g/mol. The van der Waals surface area contributed by atoms with Crippen LogP contribution in [0.3, 0.4) is 0 Å². The highest BCUT2D eigenvalue weighted by molar-refractivity contribution is 14.1. The van der Waals surface area contributed by atoms with Gasteiger partial charge in [-0.2, -0.15) is 0 Å². The summed E-state index contributed by atoms with van der Waals surface area (Å²) in [6, 6.07) is 21.0. The Labute approximate surface area is 207 Å². The second-order valence-electron chi connectivity index (χ2n) is 7.42. The van der Waals surface area contributed by atoms with E-state index < -0.39 is 17.7 Å². The number of hydrogen-bond acceptors (Lipinski definition) is 6. The molecule has 1 aromatic heterocycles. The monoisotopic (exact) mass is 568 g/mol. The zero-order chi connectivity index (χ0) is 23.1. The van der Waals surface area contributed by atoms with Crippen LogP contribution in [0.5, 0.6) is 5.75 Å². The normalized spacial score (nSPS) is 17.6. The van der Waals surface area contributed by atoms with Gasteiger partial charge in [-0.15, -0.1) is 0 Å². The number of carbonyl (C=O) groups excluding carboxylic acids is 2. The summed E-state index contributed by atoms with van der Waals surface area (Å²) in [6.45, 7) is 0. The number of rotatable bonds is 4. The number of fused-ring (bicyclic) bond motifs is 1. The first-order valence-corrected chi connectivity index (χ1v) is 11.9. The summed E-state index contributed by atoms with van der Waals surface area (Å²) in [5.74, 6) is -0.986. The number of benzene rings is 3. The number of amides is 1. The van der Waals surface area contributed by atoms with Gasteiger partial charge in [0.15, 0.2) is 5.13 Å². The molecule has 1 amide bonds. The quantitative estimate of drug-likeness (QED) is 0.152. The van der Waals surface area contributed by atoms with E-state index in [0.29, 0.717) is 27.5 Å². The standard InChI is InChI=1S/C25H17IN2O4S/c1-32-17-11-12-18-19(13-17)33-25(27-18)28-21(14-7-9-16(26)10-8-14)20(23(30)24(28)31)22(29)15-5-3-2-4-6-15/h2-13,21,29H,1H3/b22-20+. The van der Waals surface area contributed by atoms with E-state index in [9.17, 15) is 14.7 Å². The number of aromatic nitrogens is 1. The number of halogens is 1. The summed E-state index contributed by atoms with van der Waals surface area (Å²) in [5, 5.41) is 11.5. The summed E-state index contributed by atoms with van der Waals surface area (Å²) in [4.78, 5) is 32.5. The number of thiazole rings is 1. The molecule has 3 aromatic carbocycles. The molecule has 0 radical (unpaired) electrons. The molecule has 1 saturated heterocycles. The molecule has 0 spiro atoms. The van der Waals surface area contributed by atoms with Gasteiger partial charge in [0, 0.05) is 9.13 Å². The van der Waals surface area contributed by atoms with Crippen LogP contribution in [0.2, 0.25) is 0 Å². The third-order valence-corrected chi connectivity index (χ3v) is 7.20. The van der Waals surface area contributed by atoms with Crippen molar-refractivity contribution in [3.8, 4) is 5.75 Å². The summed E-state index contributed by atoms with van der Waals surface area (Å²) in [5.41, 5.74) is 1.93. The average Bonchev–Trinajstić information content (AvgIpc) is 3.37. The largest absolute Gasteiger partial charge is 0.507 e. The molecule has 5 rings (SSSR count). The second kappa shape index (κ2) is 8.60. The van der Waals surface area contributed by atoms with Crippen molar-refractivity contribution >= 4 is 66.7 Å². The number of aliphatic hydroxyl groups excluding tert-OH is 1. The molecule has 1 N–H and O–H groups in total. The Bertz CT molecular complexity index is 1410. The predicted octanol–water partition coefficient (Wildman–Crippen LogP) is 5.54. The van der Waals surface area contributed by atoms with E-state index in [1.165, 1.54) is 16.2 Å². The van der Waals surface area contributed by atoms with Gasteiger partial charge in [0.1, 0.15) is 11.5 Å². The molecule has 0 aliphatic carbocycles. The smallest absolute Gasteiger partial charge is 0.301 e. The Hall–Kier alpha value is -3.24. The zero-order valence-electron chi connectivity index (χ0n) is 17.4. The highest BCUT2D eigenvalue weighted by Crippen LogP contribution is 2.44. The van der Waals surface area contributed by atoms with Crippen LogP contribution in [0.1, 0.15) is 17.2 Å². The third-order valence-electron chi connectivity index (χ3n) is 5.47. The molecule has 0 bridgehead atoms. The predicted molar refractivity (Wildman–Crippen MR) is 137 cm³/mol. The molecule has 4 aromatic rings. The molecule has 1 aliphatic rings. The maximum atomic E-state index is 13.3. The fourth-order valence-electron chi connectivity index (χ4n) is 3.86. The topological polar surface area (TPSA) is 79.7 Å². The van der Waals surface area contributed by atoms with E-state index in [0.717, 1.165) is 8.27 Å². The molecule has 33 heavy (non-hydrogen) atoms. The average molecular weight is 568 g/mol. The molecule has 8 heteroatoms. The summed E-state index contributed by atoms with van der Waals surface area (Å²) < 4.78 is 7.14. The molecule has 1 aliphatic heterocycles. The van der Waals surface area contributed by atoms with Crippen molar-refractivity contribution in [2.24, 2.45) is 0 Å². The van der Waals surface area contributed by atoms with Gasteiger partial charge in [0.25, 0.3) is 5.78 Å². The van der Waals surface area contributed by atoms with Crippen LogP contribution < -0.4 is 9.64 Å².